The number of quaternary nitrogens is 1. The van der Waals surface area contributed by atoms with Gasteiger partial charge in [0, 0.05) is 26.2 Å². The molecule has 1 unspecified atom stereocenters. The van der Waals surface area contributed by atoms with Crippen LogP contribution in [0, 0.1) is 0 Å². The van der Waals surface area contributed by atoms with E-state index in [1.807, 2.05) is 0 Å². The second-order valence-electron chi connectivity index (χ2n) is 10.3. The van der Waals surface area contributed by atoms with E-state index in [2.05, 4.69) is 27.9 Å². The molecule has 31 heavy (non-hydrogen) atoms. The van der Waals surface area contributed by atoms with Crippen LogP contribution in [0.5, 0.6) is 0 Å². The summed E-state index contributed by atoms with van der Waals surface area (Å²) in [6, 6.07) is 0. The molecule has 0 bridgehead atoms. The molecule has 0 aromatic heterocycles. The van der Waals surface area contributed by atoms with Crippen molar-refractivity contribution in [2.24, 2.45) is 0 Å². The molecule has 0 heterocycles. The molecule has 0 aliphatic heterocycles. The Morgan fingerprint density at radius 2 is 0.968 bits per heavy atom. The van der Waals surface area contributed by atoms with Crippen LogP contribution < -0.4 is 12.4 Å². The lowest BCUT2D eigenvalue weighted by molar-refractivity contribution is -0.890. The fourth-order valence-electron chi connectivity index (χ4n) is 4.45. The van der Waals surface area contributed by atoms with Crippen LogP contribution in [-0.2, 0) is 8.85 Å². The molecule has 0 aliphatic rings. The maximum atomic E-state index is 5.53. The second-order valence-corrected chi connectivity index (χ2v) is 13.1. The van der Waals surface area contributed by atoms with E-state index < -0.39 is 9.28 Å². The van der Waals surface area contributed by atoms with Gasteiger partial charge in [-0.25, -0.2) is 0 Å². The lowest BCUT2D eigenvalue weighted by atomic mass is 10.0. The Morgan fingerprint density at radius 3 is 1.32 bits per heavy atom. The molecule has 0 spiro atoms. The molecule has 0 rings (SSSR count). The van der Waals surface area contributed by atoms with Crippen LogP contribution in [0.4, 0.5) is 0 Å². The van der Waals surface area contributed by atoms with Crippen molar-refractivity contribution in [1.29, 1.82) is 0 Å². The number of hydrogen-bond donors (Lipinski definition) is 0. The average Bonchev–Trinajstić information content (AvgIpc) is 2.73. The first kappa shape index (κ1) is 33.6. The van der Waals surface area contributed by atoms with Crippen LogP contribution >= 0.6 is 0 Å². The molecular weight excluding hydrogens is 422 g/mol. The van der Waals surface area contributed by atoms with Gasteiger partial charge in [0.25, 0.3) is 0 Å². The van der Waals surface area contributed by atoms with Crippen LogP contribution in [0.15, 0.2) is 0 Å². The first-order chi connectivity index (χ1) is 14.5. The highest BCUT2D eigenvalue weighted by Gasteiger charge is 2.23. The third kappa shape index (κ3) is 22.0. The first-order valence-electron chi connectivity index (χ1n) is 13.3. The first-order valence-corrected chi connectivity index (χ1v) is 15.0. The summed E-state index contributed by atoms with van der Waals surface area (Å²) in [5.74, 6) is 0. The fourth-order valence-corrected chi connectivity index (χ4v) is 5.99. The molecule has 190 valence electrons. The molecule has 1 atom stereocenters. The minimum atomic E-state index is -1.45. The van der Waals surface area contributed by atoms with Gasteiger partial charge in [-0.3, -0.25) is 0 Å². The molecular formula is C26H58ClNO2Si. The summed E-state index contributed by atoms with van der Waals surface area (Å²) in [6.45, 7) is 7.12. The molecule has 0 aromatic rings. The van der Waals surface area contributed by atoms with Gasteiger partial charge < -0.3 is 25.7 Å². The lowest BCUT2D eigenvalue weighted by Crippen LogP contribution is -3.00. The molecule has 0 saturated carbocycles. The molecule has 0 N–H and O–H groups in total. The molecule has 0 aliphatic carbocycles. The van der Waals surface area contributed by atoms with Crippen LogP contribution in [0.3, 0.4) is 0 Å². The highest BCUT2D eigenvalue weighted by molar-refractivity contribution is 6.46. The van der Waals surface area contributed by atoms with E-state index in [0.29, 0.717) is 5.54 Å². The fraction of sp³-hybridized carbons (Fsp3) is 1.00. The minimum absolute atomic E-state index is 0. The van der Waals surface area contributed by atoms with Crippen LogP contribution in [0.1, 0.15) is 123 Å². The second kappa shape index (κ2) is 23.5. The largest absolute Gasteiger partial charge is 1.00 e. The van der Waals surface area contributed by atoms with Crippen molar-refractivity contribution in [1.82, 2.24) is 0 Å². The standard InChI is InChI=1S/C26H58NO2Si.ClH/c1-7-8-9-10-11-12-13-14-15-16-17-18-19-20-21-22-24-27(3,4)25-23-26(2)30(28-5)29-6;/h26,30H,7-25H2,1-6H3;1H/q+1;/p-1. The van der Waals surface area contributed by atoms with E-state index >= 15 is 0 Å². The number of hydrogen-bond acceptors (Lipinski definition) is 2. The zero-order valence-corrected chi connectivity index (χ0v) is 24.1. The van der Waals surface area contributed by atoms with Crippen molar-refractivity contribution in [2.45, 2.75) is 129 Å². The van der Waals surface area contributed by atoms with Crippen LogP contribution in [-0.4, -0.2) is 55.2 Å². The van der Waals surface area contributed by atoms with Crippen molar-refractivity contribution in [3.8, 4) is 0 Å². The Kier molecular flexibility index (Phi) is 25.5. The van der Waals surface area contributed by atoms with E-state index in [4.69, 9.17) is 8.85 Å². The maximum absolute atomic E-state index is 5.53. The Labute approximate surface area is 204 Å². The van der Waals surface area contributed by atoms with E-state index in [9.17, 15) is 0 Å². The Balaban J connectivity index is 0. The smallest absolute Gasteiger partial charge is 0.324 e. The van der Waals surface area contributed by atoms with Gasteiger partial charge in [0.2, 0.25) is 0 Å². The van der Waals surface area contributed by atoms with Crippen LogP contribution in [0.25, 0.3) is 0 Å². The van der Waals surface area contributed by atoms with Gasteiger partial charge in [-0.05, 0) is 12.8 Å². The van der Waals surface area contributed by atoms with Crippen molar-refractivity contribution >= 4 is 9.28 Å². The summed E-state index contributed by atoms with van der Waals surface area (Å²) in [5.41, 5.74) is 0.586. The molecule has 0 amide bonds. The lowest BCUT2D eigenvalue weighted by Gasteiger charge is -2.31. The van der Waals surface area contributed by atoms with Gasteiger partial charge in [0.15, 0.2) is 0 Å². The number of unbranched alkanes of at least 4 members (excludes halogenated alkanes) is 15. The third-order valence-corrected chi connectivity index (χ3v) is 8.93. The number of rotatable bonds is 23. The zero-order valence-electron chi connectivity index (χ0n) is 22.2. The molecule has 0 aromatic carbocycles. The van der Waals surface area contributed by atoms with Gasteiger partial charge in [0.05, 0.1) is 27.2 Å². The van der Waals surface area contributed by atoms with E-state index in [-0.39, 0.29) is 12.4 Å². The monoisotopic (exact) mass is 479 g/mol. The van der Waals surface area contributed by atoms with Gasteiger partial charge >= 0.3 is 9.28 Å². The third-order valence-electron chi connectivity index (χ3n) is 6.74. The molecule has 3 nitrogen and oxygen atoms in total. The van der Waals surface area contributed by atoms with Crippen LogP contribution in [0.2, 0.25) is 5.54 Å². The van der Waals surface area contributed by atoms with Gasteiger partial charge in [-0.2, -0.15) is 0 Å². The van der Waals surface area contributed by atoms with Crippen molar-refractivity contribution in [3.63, 3.8) is 0 Å². The van der Waals surface area contributed by atoms with Crippen molar-refractivity contribution in [2.75, 3.05) is 41.4 Å². The summed E-state index contributed by atoms with van der Waals surface area (Å²) in [6.07, 6.45) is 24.3. The Bertz CT molecular complexity index is 354. The molecule has 0 fully saturated rings. The minimum Gasteiger partial charge on any atom is -1.00 e. The summed E-state index contributed by atoms with van der Waals surface area (Å²) >= 11 is 0. The zero-order chi connectivity index (χ0) is 22.5. The van der Waals surface area contributed by atoms with E-state index in [1.165, 1.54) is 122 Å². The average molecular weight is 480 g/mol. The maximum Gasteiger partial charge on any atom is 0.324 e. The molecule has 0 saturated heterocycles. The summed E-state index contributed by atoms with van der Waals surface area (Å²) < 4.78 is 12.2. The predicted octanol–water partition coefficient (Wildman–Crippen LogP) is 4.62. The highest BCUT2D eigenvalue weighted by atomic mass is 35.5. The normalized spacial score (nSPS) is 12.9. The van der Waals surface area contributed by atoms with Gasteiger partial charge in [-0.1, -0.05) is 104 Å². The van der Waals surface area contributed by atoms with E-state index in [0.717, 1.165) is 4.48 Å². The molecule has 0 radical (unpaired) electrons. The summed E-state index contributed by atoms with van der Waals surface area (Å²) in [5, 5.41) is 0. The van der Waals surface area contributed by atoms with E-state index in [1.54, 1.807) is 14.2 Å². The van der Waals surface area contributed by atoms with Crippen molar-refractivity contribution < 1.29 is 25.7 Å². The Morgan fingerprint density at radius 1 is 0.613 bits per heavy atom. The summed E-state index contributed by atoms with van der Waals surface area (Å²) in [4.78, 5) is 0. The topological polar surface area (TPSA) is 18.5 Å². The Hall–Kier alpha value is 0.387. The highest BCUT2D eigenvalue weighted by Crippen LogP contribution is 2.18. The summed E-state index contributed by atoms with van der Waals surface area (Å²) in [7, 11) is 6.91. The van der Waals surface area contributed by atoms with Crippen molar-refractivity contribution in [3.05, 3.63) is 0 Å². The molecule has 5 heteroatoms. The van der Waals surface area contributed by atoms with Gasteiger partial charge in [0.1, 0.15) is 0 Å². The van der Waals surface area contributed by atoms with Gasteiger partial charge in [-0.15, -0.1) is 0 Å². The predicted molar refractivity (Wildman–Crippen MR) is 137 cm³/mol. The number of halogens is 1. The quantitative estimate of drug-likeness (QED) is 0.121. The SMILES string of the molecule is CCCCCCCCCCCCCCCCCC[N+](C)(C)CCC(C)[SiH](OC)OC.[Cl-]. The number of nitrogens with zero attached hydrogens (tertiary/aromatic N) is 1.